The number of nitrogens with zero attached hydrogens (tertiary/aromatic N) is 3. The molecule has 0 unspecified atom stereocenters. The lowest BCUT2D eigenvalue weighted by Crippen LogP contribution is -2.40. The van der Waals surface area contributed by atoms with Crippen LogP contribution in [0.1, 0.15) is 27.4 Å². The normalized spacial score (nSPS) is 11.7. The number of aromatic nitrogens is 1. The molecule has 1 N–H and O–H groups in total. The zero-order valence-corrected chi connectivity index (χ0v) is 16.1. The van der Waals surface area contributed by atoms with Crippen molar-refractivity contribution in [1.29, 1.82) is 0 Å². The van der Waals surface area contributed by atoms with Gasteiger partial charge in [0.15, 0.2) is 5.96 Å². The standard InChI is InChI=1S/C17H26N4S2/c1-5-18-17(21(4)11-9-15-7-6-12-22-15)19-10-8-16-13(2)20-14(3)23-16/h6-7,12H,5,8-11H2,1-4H3,(H,18,19). The lowest BCUT2D eigenvalue weighted by Gasteiger charge is -2.21. The average molecular weight is 351 g/mol. The summed E-state index contributed by atoms with van der Waals surface area (Å²) < 4.78 is 0. The molecule has 0 aliphatic rings. The molecule has 0 amide bonds. The van der Waals surface area contributed by atoms with E-state index in [1.54, 1.807) is 11.3 Å². The van der Waals surface area contributed by atoms with Crippen LogP contribution in [0.5, 0.6) is 0 Å². The molecular formula is C17H26N4S2. The van der Waals surface area contributed by atoms with Gasteiger partial charge in [-0.1, -0.05) is 6.07 Å². The first-order chi connectivity index (χ1) is 11.1. The third-order valence-electron chi connectivity index (χ3n) is 3.57. The van der Waals surface area contributed by atoms with E-state index in [2.05, 4.69) is 60.5 Å². The minimum atomic E-state index is 0.800. The van der Waals surface area contributed by atoms with Crippen LogP contribution in [-0.4, -0.2) is 42.5 Å². The van der Waals surface area contributed by atoms with Crippen LogP contribution in [0.15, 0.2) is 22.5 Å². The molecule has 2 heterocycles. The first-order valence-electron chi connectivity index (χ1n) is 8.05. The largest absolute Gasteiger partial charge is 0.357 e. The molecule has 0 atom stereocenters. The van der Waals surface area contributed by atoms with Crippen molar-refractivity contribution in [3.63, 3.8) is 0 Å². The van der Waals surface area contributed by atoms with Crippen LogP contribution in [0.3, 0.4) is 0 Å². The number of aryl methyl sites for hydroxylation is 2. The second-order valence-electron chi connectivity index (χ2n) is 5.48. The average Bonchev–Trinajstić information content (AvgIpc) is 3.14. The van der Waals surface area contributed by atoms with Crippen molar-refractivity contribution < 1.29 is 0 Å². The lowest BCUT2D eigenvalue weighted by atomic mass is 10.3. The van der Waals surface area contributed by atoms with Crippen molar-refractivity contribution in [1.82, 2.24) is 15.2 Å². The number of hydrogen-bond acceptors (Lipinski definition) is 4. The van der Waals surface area contributed by atoms with E-state index in [0.29, 0.717) is 0 Å². The maximum atomic E-state index is 4.77. The van der Waals surface area contributed by atoms with Gasteiger partial charge >= 0.3 is 0 Å². The SMILES string of the molecule is CCNC(=NCCc1sc(C)nc1C)N(C)CCc1cccs1. The Bertz CT molecular complexity index is 617. The van der Waals surface area contributed by atoms with Gasteiger partial charge in [0, 0.05) is 42.9 Å². The van der Waals surface area contributed by atoms with Crippen molar-refractivity contribution in [3.8, 4) is 0 Å². The van der Waals surface area contributed by atoms with E-state index in [-0.39, 0.29) is 0 Å². The zero-order valence-electron chi connectivity index (χ0n) is 14.4. The number of aliphatic imine (C=N–C) groups is 1. The Labute approximate surface area is 147 Å². The number of hydrogen-bond donors (Lipinski definition) is 1. The summed E-state index contributed by atoms with van der Waals surface area (Å²) in [4.78, 5) is 14.2. The second-order valence-corrected chi connectivity index (χ2v) is 7.80. The Hall–Kier alpha value is -1.40. The third kappa shape index (κ3) is 5.62. The summed E-state index contributed by atoms with van der Waals surface area (Å²) in [6, 6.07) is 4.30. The quantitative estimate of drug-likeness (QED) is 0.614. The molecule has 23 heavy (non-hydrogen) atoms. The van der Waals surface area contributed by atoms with Crippen LogP contribution in [0.2, 0.25) is 0 Å². The number of likely N-dealkylation sites (N-methyl/N-ethyl adjacent to an activating group) is 1. The van der Waals surface area contributed by atoms with E-state index < -0.39 is 0 Å². The highest BCUT2D eigenvalue weighted by atomic mass is 32.1. The molecule has 0 fully saturated rings. The van der Waals surface area contributed by atoms with E-state index >= 15 is 0 Å². The van der Waals surface area contributed by atoms with Gasteiger partial charge in [-0.2, -0.15) is 0 Å². The molecular weight excluding hydrogens is 324 g/mol. The summed E-state index contributed by atoms with van der Waals surface area (Å²) in [5.41, 5.74) is 1.15. The Morgan fingerprint density at radius 3 is 2.78 bits per heavy atom. The molecule has 0 radical (unpaired) electrons. The Morgan fingerprint density at radius 2 is 2.17 bits per heavy atom. The molecule has 0 spiro atoms. The maximum Gasteiger partial charge on any atom is 0.193 e. The highest BCUT2D eigenvalue weighted by Gasteiger charge is 2.07. The van der Waals surface area contributed by atoms with Crippen LogP contribution in [0, 0.1) is 13.8 Å². The monoisotopic (exact) mass is 350 g/mol. The van der Waals surface area contributed by atoms with Gasteiger partial charge in [0.25, 0.3) is 0 Å². The van der Waals surface area contributed by atoms with Crippen molar-refractivity contribution in [2.75, 3.05) is 26.7 Å². The molecule has 2 rings (SSSR count). The second kappa shape index (κ2) is 9.03. The topological polar surface area (TPSA) is 40.5 Å². The van der Waals surface area contributed by atoms with Gasteiger partial charge in [-0.25, -0.2) is 4.98 Å². The van der Waals surface area contributed by atoms with Crippen LogP contribution in [0.25, 0.3) is 0 Å². The van der Waals surface area contributed by atoms with Crippen LogP contribution >= 0.6 is 22.7 Å². The smallest absolute Gasteiger partial charge is 0.193 e. The summed E-state index contributed by atoms with van der Waals surface area (Å²) >= 11 is 3.60. The van der Waals surface area contributed by atoms with E-state index in [9.17, 15) is 0 Å². The molecule has 0 bridgehead atoms. The number of thiophene rings is 1. The van der Waals surface area contributed by atoms with Crippen molar-refractivity contribution in [2.45, 2.75) is 33.6 Å². The first-order valence-corrected chi connectivity index (χ1v) is 9.74. The Kier molecular flexibility index (Phi) is 7.05. The lowest BCUT2D eigenvalue weighted by molar-refractivity contribution is 0.487. The van der Waals surface area contributed by atoms with E-state index in [1.807, 2.05) is 11.3 Å². The molecule has 0 aliphatic carbocycles. The molecule has 2 aromatic rings. The fourth-order valence-corrected chi connectivity index (χ4v) is 4.00. The van der Waals surface area contributed by atoms with Gasteiger partial charge in [0.05, 0.1) is 10.7 Å². The Balaban J connectivity index is 1.89. The van der Waals surface area contributed by atoms with E-state index in [1.165, 1.54) is 9.75 Å². The minimum Gasteiger partial charge on any atom is -0.357 e. The van der Waals surface area contributed by atoms with E-state index in [0.717, 1.165) is 49.1 Å². The van der Waals surface area contributed by atoms with E-state index in [4.69, 9.17) is 4.99 Å². The van der Waals surface area contributed by atoms with Gasteiger partial charge < -0.3 is 10.2 Å². The fourth-order valence-electron chi connectivity index (χ4n) is 2.38. The highest BCUT2D eigenvalue weighted by Crippen LogP contribution is 2.17. The van der Waals surface area contributed by atoms with Gasteiger partial charge in [-0.3, -0.25) is 4.99 Å². The molecule has 0 aromatic carbocycles. The first kappa shape index (κ1) is 17.9. The molecule has 126 valence electrons. The van der Waals surface area contributed by atoms with Crippen molar-refractivity contribution in [2.24, 2.45) is 4.99 Å². The van der Waals surface area contributed by atoms with Gasteiger partial charge in [0.2, 0.25) is 0 Å². The number of guanidine groups is 1. The summed E-state index contributed by atoms with van der Waals surface area (Å²) in [7, 11) is 2.11. The number of rotatable bonds is 7. The molecule has 0 saturated heterocycles. The number of thiazole rings is 1. The van der Waals surface area contributed by atoms with Gasteiger partial charge in [0.1, 0.15) is 0 Å². The maximum absolute atomic E-state index is 4.77. The van der Waals surface area contributed by atoms with Gasteiger partial charge in [-0.05, 0) is 38.6 Å². The highest BCUT2D eigenvalue weighted by molar-refractivity contribution is 7.11. The molecule has 4 nitrogen and oxygen atoms in total. The van der Waals surface area contributed by atoms with Gasteiger partial charge in [-0.15, -0.1) is 22.7 Å². The predicted octanol–water partition coefficient (Wildman–Crippen LogP) is 3.50. The molecule has 0 saturated carbocycles. The van der Waals surface area contributed by atoms with Crippen molar-refractivity contribution in [3.05, 3.63) is 38.0 Å². The fraction of sp³-hybridized carbons (Fsp3) is 0.529. The summed E-state index contributed by atoms with van der Waals surface area (Å²) in [6.45, 7) is 8.92. The molecule has 2 aromatic heterocycles. The minimum absolute atomic E-state index is 0.800. The third-order valence-corrected chi connectivity index (χ3v) is 5.64. The van der Waals surface area contributed by atoms with Crippen LogP contribution in [0.4, 0.5) is 0 Å². The summed E-state index contributed by atoms with van der Waals surface area (Å²) in [5.74, 6) is 0.989. The summed E-state index contributed by atoms with van der Waals surface area (Å²) in [6.07, 6.45) is 2.02. The predicted molar refractivity (Wildman–Crippen MR) is 102 cm³/mol. The van der Waals surface area contributed by atoms with Crippen LogP contribution < -0.4 is 5.32 Å². The molecule has 0 aliphatic heterocycles. The van der Waals surface area contributed by atoms with Crippen LogP contribution in [-0.2, 0) is 12.8 Å². The number of nitrogens with one attached hydrogen (secondary N) is 1. The van der Waals surface area contributed by atoms with Crippen molar-refractivity contribution >= 4 is 28.6 Å². The Morgan fingerprint density at radius 1 is 1.35 bits per heavy atom. The zero-order chi connectivity index (χ0) is 16.7. The summed E-state index contributed by atoms with van der Waals surface area (Å²) in [5, 5.41) is 6.66. The molecule has 6 heteroatoms.